The number of halogens is 3. The van der Waals surface area contributed by atoms with E-state index in [9.17, 15) is 28.1 Å². The minimum atomic E-state index is -4.60. The molecule has 0 radical (unpaired) electrons. The summed E-state index contributed by atoms with van der Waals surface area (Å²) in [5.41, 5.74) is 1.16. The van der Waals surface area contributed by atoms with Gasteiger partial charge in [0.25, 0.3) is 11.6 Å². The van der Waals surface area contributed by atoms with Crippen LogP contribution in [0.5, 0.6) is 11.5 Å². The van der Waals surface area contributed by atoms with Crippen molar-refractivity contribution in [2.75, 3.05) is 5.32 Å². The van der Waals surface area contributed by atoms with Crippen LogP contribution in [0, 0.1) is 17.0 Å². The molecule has 5 aromatic rings. The van der Waals surface area contributed by atoms with Crippen molar-refractivity contribution in [3.8, 4) is 22.8 Å². The SMILES string of the molecule is CCn1cc(-c2ccnc3c(C(=O)Nc4cc(Oc5cccc(C(F)(F)F)c5)cc([N+](=O)[O-])c4)cnn23)c(C)n1. The molecule has 0 aliphatic carbocycles. The van der Waals surface area contributed by atoms with Crippen LogP contribution in [-0.4, -0.2) is 35.2 Å². The number of carbonyl (C=O) groups is 1. The minimum absolute atomic E-state index is 0.0169. The fraction of sp³-hybridized carbons (Fsp3) is 0.154. The van der Waals surface area contributed by atoms with Gasteiger partial charge in [-0.3, -0.25) is 19.6 Å². The predicted octanol–water partition coefficient (Wildman–Crippen LogP) is 5.89. The van der Waals surface area contributed by atoms with E-state index < -0.39 is 28.3 Å². The Bertz CT molecular complexity index is 1760. The Labute approximate surface area is 224 Å². The Morgan fingerprint density at radius 3 is 2.65 bits per heavy atom. The maximum Gasteiger partial charge on any atom is 0.416 e. The van der Waals surface area contributed by atoms with E-state index in [1.165, 1.54) is 29.0 Å². The first kappa shape index (κ1) is 26.3. The average molecular weight is 551 g/mol. The third-order valence-electron chi connectivity index (χ3n) is 5.95. The normalized spacial score (nSPS) is 11.5. The van der Waals surface area contributed by atoms with Gasteiger partial charge in [-0.25, -0.2) is 9.50 Å². The molecule has 3 heterocycles. The summed E-state index contributed by atoms with van der Waals surface area (Å²) >= 11 is 0. The van der Waals surface area contributed by atoms with Crippen molar-refractivity contribution < 1.29 is 27.6 Å². The molecule has 5 rings (SSSR count). The standard InChI is InChI=1S/C26H20F3N7O4/c1-3-34-14-22(15(2)33-34)23-7-8-30-24-21(13-31-35(23)24)25(37)32-17-10-18(36(38)39)12-20(11-17)40-19-6-4-5-16(9-19)26(27,28)29/h4-14H,3H2,1-2H3,(H,32,37). The molecule has 0 saturated carbocycles. The van der Waals surface area contributed by atoms with Crippen LogP contribution in [0.1, 0.15) is 28.5 Å². The first-order valence-electron chi connectivity index (χ1n) is 11.9. The van der Waals surface area contributed by atoms with Crippen LogP contribution in [0.3, 0.4) is 0 Å². The van der Waals surface area contributed by atoms with Crippen molar-refractivity contribution in [2.45, 2.75) is 26.6 Å². The number of carbonyl (C=O) groups excluding carboxylic acids is 1. The Morgan fingerprint density at radius 2 is 1.95 bits per heavy atom. The summed E-state index contributed by atoms with van der Waals surface area (Å²) in [6, 6.07) is 9.22. The molecule has 0 bridgehead atoms. The molecule has 0 atom stereocenters. The number of nitro benzene ring substituents is 1. The average Bonchev–Trinajstić information content (AvgIpc) is 3.51. The summed E-state index contributed by atoms with van der Waals surface area (Å²) in [7, 11) is 0. The number of fused-ring (bicyclic) bond motifs is 1. The molecule has 0 saturated heterocycles. The molecule has 204 valence electrons. The second-order valence-electron chi connectivity index (χ2n) is 8.66. The topological polar surface area (TPSA) is 129 Å². The number of non-ortho nitro benzene ring substituents is 1. The lowest BCUT2D eigenvalue weighted by Crippen LogP contribution is -2.12. The highest BCUT2D eigenvalue weighted by Crippen LogP contribution is 2.34. The second kappa shape index (κ2) is 10.1. The number of hydrogen-bond acceptors (Lipinski definition) is 7. The number of aryl methyl sites for hydroxylation is 2. The largest absolute Gasteiger partial charge is 0.457 e. The second-order valence-corrected chi connectivity index (χ2v) is 8.66. The number of nitrogens with zero attached hydrogens (tertiary/aromatic N) is 6. The number of nitro groups is 1. The lowest BCUT2D eigenvalue weighted by Gasteiger charge is -2.11. The van der Waals surface area contributed by atoms with Crippen molar-refractivity contribution in [2.24, 2.45) is 0 Å². The molecular formula is C26H20F3N7O4. The highest BCUT2D eigenvalue weighted by atomic mass is 19.4. The van der Waals surface area contributed by atoms with Crippen LogP contribution in [0.2, 0.25) is 0 Å². The summed E-state index contributed by atoms with van der Waals surface area (Å²) in [5, 5.41) is 22.8. The fourth-order valence-electron chi connectivity index (χ4n) is 4.08. The quantitative estimate of drug-likeness (QED) is 0.197. The fourth-order valence-corrected chi connectivity index (χ4v) is 4.08. The van der Waals surface area contributed by atoms with Gasteiger partial charge in [0.15, 0.2) is 5.65 Å². The van der Waals surface area contributed by atoms with Crippen molar-refractivity contribution in [1.29, 1.82) is 0 Å². The van der Waals surface area contributed by atoms with Crippen molar-refractivity contribution in [3.63, 3.8) is 0 Å². The molecule has 0 fully saturated rings. The highest BCUT2D eigenvalue weighted by molar-refractivity contribution is 6.08. The van der Waals surface area contributed by atoms with Gasteiger partial charge in [-0.05, 0) is 38.1 Å². The minimum Gasteiger partial charge on any atom is -0.457 e. The smallest absolute Gasteiger partial charge is 0.416 e. The zero-order valence-corrected chi connectivity index (χ0v) is 21.0. The zero-order valence-electron chi connectivity index (χ0n) is 21.0. The van der Waals surface area contributed by atoms with Gasteiger partial charge in [0.05, 0.1) is 39.8 Å². The lowest BCUT2D eigenvalue weighted by molar-refractivity contribution is -0.384. The van der Waals surface area contributed by atoms with Gasteiger partial charge < -0.3 is 10.1 Å². The Balaban J connectivity index is 1.46. The number of aromatic nitrogens is 5. The molecule has 14 heteroatoms. The number of benzene rings is 2. The van der Waals surface area contributed by atoms with Crippen molar-refractivity contribution in [1.82, 2.24) is 24.4 Å². The summed E-state index contributed by atoms with van der Waals surface area (Å²) < 4.78 is 48.0. The van der Waals surface area contributed by atoms with Crippen LogP contribution >= 0.6 is 0 Å². The number of anilines is 1. The number of rotatable bonds is 7. The number of amides is 1. The van der Waals surface area contributed by atoms with E-state index in [-0.39, 0.29) is 28.4 Å². The van der Waals surface area contributed by atoms with E-state index in [0.29, 0.717) is 12.2 Å². The monoisotopic (exact) mass is 551 g/mol. The van der Waals surface area contributed by atoms with Crippen LogP contribution in [0.15, 0.2) is 67.1 Å². The van der Waals surface area contributed by atoms with Crippen LogP contribution in [0.4, 0.5) is 24.5 Å². The maximum atomic E-state index is 13.2. The third kappa shape index (κ3) is 5.18. The highest BCUT2D eigenvalue weighted by Gasteiger charge is 2.30. The van der Waals surface area contributed by atoms with Gasteiger partial charge in [0.1, 0.15) is 17.1 Å². The zero-order chi connectivity index (χ0) is 28.6. The van der Waals surface area contributed by atoms with E-state index in [0.717, 1.165) is 41.6 Å². The van der Waals surface area contributed by atoms with E-state index in [1.54, 1.807) is 10.7 Å². The van der Waals surface area contributed by atoms with Gasteiger partial charge in [0.2, 0.25) is 0 Å². The van der Waals surface area contributed by atoms with E-state index >= 15 is 0 Å². The molecule has 3 aromatic heterocycles. The number of hydrogen-bond donors (Lipinski definition) is 1. The van der Waals surface area contributed by atoms with E-state index in [1.807, 2.05) is 20.0 Å². The maximum absolute atomic E-state index is 13.2. The molecular weight excluding hydrogens is 531 g/mol. The molecule has 0 aliphatic rings. The van der Waals surface area contributed by atoms with Crippen molar-refractivity contribution in [3.05, 3.63) is 94.1 Å². The summed E-state index contributed by atoms with van der Waals surface area (Å²) in [6.07, 6.45) is 0.109. The van der Waals surface area contributed by atoms with Crippen LogP contribution in [-0.2, 0) is 12.7 Å². The lowest BCUT2D eigenvalue weighted by atomic mass is 10.2. The molecule has 0 aliphatic heterocycles. The number of alkyl halides is 3. The summed E-state index contributed by atoms with van der Waals surface area (Å²) in [6.45, 7) is 4.48. The van der Waals surface area contributed by atoms with Gasteiger partial charge in [0, 0.05) is 36.6 Å². The van der Waals surface area contributed by atoms with Gasteiger partial charge in [-0.1, -0.05) is 6.07 Å². The molecule has 40 heavy (non-hydrogen) atoms. The Kier molecular flexibility index (Phi) is 6.67. The molecule has 1 N–H and O–H groups in total. The van der Waals surface area contributed by atoms with E-state index in [2.05, 4.69) is 20.5 Å². The van der Waals surface area contributed by atoms with E-state index in [4.69, 9.17) is 4.74 Å². The Hall–Kier alpha value is -5.27. The Morgan fingerprint density at radius 1 is 1.15 bits per heavy atom. The van der Waals surface area contributed by atoms with Gasteiger partial charge in [-0.2, -0.15) is 23.4 Å². The first-order valence-corrected chi connectivity index (χ1v) is 11.9. The number of nitrogens with one attached hydrogen (secondary N) is 1. The third-order valence-corrected chi connectivity index (χ3v) is 5.95. The molecule has 0 spiro atoms. The van der Waals surface area contributed by atoms with Gasteiger partial charge in [-0.15, -0.1) is 0 Å². The first-order chi connectivity index (χ1) is 19.0. The molecule has 1 amide bonds. The number of ether oxygens (including phenoxy) is 1. The van der Waals surface area contributed by atoms with Crippen molar-refractivity contribution >= 4 is 22.9 Å². The van der Waals surface area contributed by atoms with Crippen LogP contribution in [0.25, 0.3) is 16.9 Å². The summed E-state index contributed by atoms with van der Waals surface area (Å²) in [5.74, 6) is -0.993. The van der Waals surface area contributed by atoms with Gasteiger partial charge >= 0.3 is 6.18 Å². The molecule has 2 aromatic carbocycles. The van der Waals surface area contributed by atoms with Crippen LogP contribution < -0.4 is 10.1 Å². The summed E-state index contributed by atoms with van der Waals surface area (Å²) in [4.78, 5) is 28.3. The molecule has 11 nitrogen and oxygen atoms in total. The molecule has 0 unspecified atom stereocenters. The predicted molar refractivity (Wildman–Crippen MR) is 137 cm³/mol.